The second-order valence-corrected chi connectivity index (χ2v) is 7.27. The third kappa shape index (κ3) is 1.78. The van der Waals surface area contributed by atoms with E-state index in [0.717, 1.165) is 30.1 Å². The van der Waals surface area contributed by atoms with E-state index in [1.165, 1.54) is 36.0 Å². The van der Waals surface area contributed by atoms with Crippen LogP contribution in [0.3, 0.4) is 0 Å². The summed E-state index contributed by atoms with van der Waals surface area (Å²) in [5.41, 5.74) is 3.99. The van der Waals surface area contributed by atoms with Crippen molar-refractivity contribution >= 4 is 0 Å². The fourth-order valence-electron chi connectivity index (χ4n) is 5.29. The molecule has 4 rings (SSSR count). The predicted octanol–water partition coefficient (Wildman–Crippen LogP) is 3.50. The number of aliphatic hydroxyl groups excluding tert-OH is 1. The van der Waals surface area contributed by atoms with Crippen molar-refractivity contribution in [3.63, 3.8) is 0 Å². The molecule has 2 bridgehead atoms. The smallest absolute Gasteiger partial charge is 0.0614 e. The zero-order chi connectivity index (χ0) is 13.1. The number of aryl methyl sites for hydroxylation is 2. The third-order valence-electron chi connectivity index (χ3n) is 6.17. The standard InChI is InChI=1S/C18H24O/c1-10-3-4-11(2)14(7-10)9-15(19)18-16-12-5-6-13(8-12)17(16)18/h3-4,7,12-13,15-19H,5-6,8-9H2,1-2H3. The molecule has 1 aromatic rings. The fraction of sp³-hybridized carbons (Fsp3) is 0.667. The van der Waals surface area contributed by atoms with E-state index in [4.69, 9.17) is 0 Å². The maximum Gasteiger partial charge on any atom is 0.0614 e. The van der Waals surface area contributed by atoms with Gasteiger partial charge in [0.15, 0.2) is 0 Å². The van der Waals surface area contributed by atoms with Gasteiger partial charge in [0.25, 0.3) is 0 Å². The summed E-state index contributed by atoms with van der Waals surface area (Å²) in [5.74, 6) is 4.34. The van der Waals surface area contributed by atoms with Crippen molar-refractivity contribution in [3.8, 4) is 0 Å². The molecular weight excluding hydrogens is 232 g/mol. The Morgan fingerprint density at radius 2 is 1.84 bits per heavy atom. The molecule has 102 valence electrons. The first-order valence-electron chi connectivity index (χ1n) is 7.89. The van der Waals surface area contributed by atoms with Crippen molar-refractivity contribution in [2.75, 3.05) is 0 Å². The van der Waals surface area contributed by atoms with E-state index >= 15 is 0 Å². The van der Waals surface area contributed by atoms with E-state index in [2.05, 4.69) is 32.0 Å². The maximum atomic E-state index is 10.6. The van der Waals surface area contributed by atoms with Gasteiger partial charge in [-0.25, -0.2) is 0 Å². The van der Waals surface area contributed by atoms with Gasteiger partial charge in [-0.05, 0) is 80.2 Å². The van der Waals surface area contributed by atoms with Crippen LogP contribution in [-0.2, 0) is 6.42 Å². The summed E-state index contributed by atoms with van der Waals surface area (Å²) in [6.07, 6.45) is 5.13. The predicted molar refractivity (Wildman–Crippen MR) is 76.9 cm³/mol. The van der Waals surface area contributed by atoms with Gasteiger partial charge in [-0.2, -0.15) is 0 Å². The van der Waals surface area contributed by atoms with Crippen LogP contribution in [0.4, 0.5) is 0 Å². The largest absolute Gasteiger partial charge is 0.392 e. The molecule has 5 unspecified atom stereocenters. The Labute approximate surface area is 116 Å². The van der Waals surface area contributed by atoms with Gasteiger partial charge in [0.05, 0.1) is 6.10 Å². The summed E-state index contributed by atoms with van der Waals surface area (Å²) in [6.45, 7) is 4.31. The van der Waals surface area contributed by atoms with E-state index < -0.39 is 0 Å². The summed E-state index contributed by atoms with van der Waals surface area (Å²) in [5, 5.41) is 10.6. The van der Waals surface area contributed by atoms with Gasteiger partial charge in [0.2, 0.25) is 0 Å². The number of fused-ring (bicyclic) bond motifs is 5. The van der Waals surface area contributed by atoms with Gasteiger partial charge >= 0.3 is 0 Å². The molecule has 3 fully saturated rings. The van der Waals surface area contributed by atoms with Crippen LogP contribution in [-0.4, -0.2) is 11.2 Å². The molecule has 1 N–H and O–H groups in total. The Morgan fingerprint density at radius 3 is 2.53 bits per heavy atom. The third-order valence-corrected chi connectivity index (χ3v) is 6.17. The molecule has 3 aliphatic rings. The quantitative estimate of drug-likeness (QED) is 0.877. The van der Waals surface area contributed by atoms with Crippen LogP contribution in [0, 0.1) is 43.4 Å². The number of hydrogen-bond acceptors (Lipinski definition) is 1. The van der Waals surface area contributed by atoms with Gasteiger partial charge in [0.1, 0.15) is 0 Å². The molecule has 0 saturated heterocycles. The minimum absolute atomic E-state index is 0.0982. The van der Waals surface area contributed by atoms with Crippen LogP contribution in [0.25, 0.3) is 0 Å². The van der Waals surface area contributed by atoms with E-state index in [-0.39, 0.29) is 6.10 Å². The molecule has 3 aliphatic carbocycles. The topological polar surface area (TPSA) is 20.2 Å². The minimum Gasteiger partial charge on any atom is -0.392 e. The van der Waals surface area contributed by atoms with Crippen LogP contribution in [0.15, 0.2) is 18.2 Å². The first-order valence-corrected chi connectivity index (χ1v) is 7.89. The Balaban J connectivity index is 1.48. The minimum atomic E-state index is -0.0982. The van der Waals surface area contributed by atoms with E-state index in [0.29, 0.717) is 5.92 Å². The highest BCUT2D eigenvalue weighted by molar-refractivity contribution is 5.31. The van der Waals surface area contributed by atoms with Crippen molar-refractivity contribution in [2.45, 2.75) is 45.6 Å². The van der Waals surface area contributed by atoms with Gasteiger partial charge in [-0.3, -0.25) is 0 Å². The van der Waals surface area contributed by atoms with Crippen molar-refractivity contribution in [1.82, 2.24) is 0 Å². The van der Waals surface area contributed by atoms with Crippen molar-refractivity contribution in [2.24, 2.45) is 29.6 Å². The van der Waals surface area contributed by atoms with Crippen molar-refractivity contribution in [1.29, 1.82) is 0 Å². The summed E-state index contributed by atoms with van der Waals surface area (Å²) < 4.78 is 0. The molecule has 5 atom stereocenters. The molecule has 0 spiro atoms. The molecule has 3 saturated carbocycles. The summed E-state index contributed by atoms with van der Waals surface area (Å²) in [6, 6.07) is 6.61. The highest BCUT2D eigenvalue weighted by Gasteiger charge is 2.66. The van der Waals surface area contributed by atoms with Crippen LogP contribution >= 0.6 is 0 Å². The first kappa shape index (κ1) is 12.0. The van der Waals surface area contributed by atoms with E-state index in [1.807, 2.05) is 0 Å². The molecule has 0 radical (unpaired) electrons. The van der Waals surface area contributed by atoms with Gasteiger partial charge in [-0.1, -0.05) is 23.8 Å². The number of hydrogen-bond donors (Lipinski definition) is 1. The Kier molecular flexibility index (Phi) is 2.57. The average Bonchev–Trinajstić information content (AvgIpc) is 2.83. The average molecular weight is 256 g/mol. The monoisotopic (exact) mass is 256 g/mol. The summed E-state index contributed by atoms with van der Waals surface area (Å²) >= 11 is 0. The summed E-state index contributed by atoms with van der Waals surface area (Å²) in [4.78, 5) is 0. The Hall–Kier alpha value is -0.820. The highest BCUT2D eigenvalue weighted by Crippen LogP contribution is 2.70. The van der Waals surface area contributed by atoms with Crippen LogP contribution in [0.2, 0.25) is 0 Å². The second kappa shape index (κ2) is 4.09. The Bertz CT molecular complexity index is 490. The molecule has 1 aromatic carbocycles. The zero-order valence-electron chi connectivity index (χ0n) is 12.0. The first-order chi connectivity index (χ1) is 9.15. The van der Waals surface area contributed by atoms with Crippen molar-refractivity contribution < 1.29 is 5.11 Å². The number of benzene rings is 1. The molecule has 19 heavy (non-hydrogen) atoms. The van der Waals surface area contributed by atoms with E-state index in [1.54, 1.807) is 0 Å². The van der Waals surface area contributed by atoms with Crippen LogP contribution in [0.1, 0.15) is 36.0 Å². The van der Waals surface area contributed by atoms with Crippen LogP contribution in [0.5, 0.6) is 0 Å². The SMILES string of the molecule is Cc1ccc(C)c(CC(O)C2C3C4CCC(C4)C23)c1. The fourth-order valence-corrected chi connectivity index (χ4v) is 5.29. The normalized spacial score (nSPS) is 40.3. The molecule has 1 nitrogen and oxygen atoms in total. The molecule has 1 heteroatoms. The van der Waals surface area contributed by atoms with E-state index in [9.17, 15) is 5.11 Å². The highest BCUT2D eigenvalue weighted by atomic mass is 16.3. The lowest BCUT2D eigenvalue weighted by Gasteiger charge is -2.16. The lowest BCUT2D eigenvalue weighted by Crippen LogP contribution is -2.19. The number of aliphatic hydroxyl groups is 1. The van der Waals surface area contributed by atoms with Gasteiger partial charge in [0, 0.05) is 0 Å². The zero-order valence-corrected chi connectivity index (χ0v) is 12.0. The van der Waals surface area contributed by atoms with Crippen molar-refractivity contribution in [3.05, 3.63) is 34.9 Å². The molecule has 0 aromatic heterocycles. The Morgan fingerprint density at radius 1 is 1.16 bits per heavy atom. The second-order valence-electron chi connectivity index (χ2n) is 7.27. The lowest BCUT2D eigenvalue weighted by molar-refractivity contribution is 0.128. The van der Waals surface area contributed by atoms with Gasteiger partial charge in [-0.15, -0.1) is 0 Å². The lowest BCUT2D eigenvalue weighted by atomic mass is 9.93. The number of rotatable bonds is 3. The molecule has 0 heterocycles. The molecule has 0 amide bonds. The maximum absolute atomic E-state index is 10.6. The van der Waals surface area contributed by atoms with Gasteiger partial charge < -0.3 is 5.11 Å². The molecule has 0 aliphatic heterocycles. The summed E-state index contributed by atoms with van der Waals surface area (Å²) in [7, 11) is 0. The molecular formula is C18H24O. The van der Waals surface area contributed by atoms with Crippen LogP contribution < -0.4 is 0 Å².